The van der Waals surface area contributed by atoms with Gasteiger partial charge in [-0.3, -0.25) is 4.79 Å². The Bertz CT molecular complexity index is 497. The van der Waals surface area contributed by atoms with Crippen LogP contribution in [0.3, 0.4) is 0 Å². The Morgan fingerprint density at radius 3 is 2.59 bits per heavy atom. The third kappa shape index (κ3) is 4.79. The zero-order valence-corrected chi connectivity index (χ0v) is 13.4. The van der Waals surface area contributed by atoms with Crippen LogP contribution in [0.1, 0.15) is 39.4 Å². The average molecular weight is 308 g/mol. The summed E-state index contributed by atoms with van der Waals surface area (Å²) in [5.41, 5.74) is -0.492. The molecule has 0 aromatic carbocycles. The maximum absolute atomic E-state index is 12.1. The van der Waals surface area contributed by atoms with Crippen molar-refractivity contribution < 1.29 is 18.7 Å². The summed E-state index contributed by atoms with van der Waals surface area (Å²) in [5, 5.41) is 2.87. The van der Waals surface area contributed by atoms with E-state index in [1.54, 1.807) is 17.2 Å². The number of rotatable bonds is 3. The summed E-state index contributed by atoms with van der Waals surface area (Å²) in [6.07, 6.45) is 2.59. The molecule has 1 fully saturated rings. The van der Waals surface area contributed by atoms with Crippen LogP contribution in [-0.4, -0.2) is 35.6 Å². The van der Waals surface area contributed by atoms with Crippen LogP contribution in [0.25, 0.3) is 0 Å². The second-order valence-corrected chi connectivity index (χ2v) is 6.54. The van der Waals surface area contributed by atoms with Gasteiger partial charge in [-0.05, 0) is 45.7 Å². The molecule has 6 nitrogen and oxygen atoms in total. The van der Waals surface area contributed by atoms with Crippen molar-refractivity contribution in [3.8, 4) is 0 Å². The smallest absolute Gasteiger partial charge is 0.410 e. The number of carbonyl (C=O) groups is 2. The van der Waals surface area contributed by atoms with E-state index in [9.17, 15) is 9.59 Å². The summed E-state index contributed by atoms with van der Waals surface area (Å²) in [7, 11) is 0. The fourth-order valence-corrected chi connectivity index (χ4v) is 2.38. The van der Waals surface area contributed by atoms with Crippen molar-refractivity contribution >= 4 is 12.0 Å². The third-order valence-electron chi connectivity index (χ3n) is 3.53. The summed E-state index contributed by atoms with van der Waals surface area (Å²) in [6, 6.07) is 3.62. The van der Waals surface area contributed by atoms with Gasteiger partial charge in [0.25, 0.3) is 0 Å². The van der Waals surface area contributed by atoms with Crippen molar-refractivity contribution in [2.45, 2.75) is 45.8 Å². The van der Waals surface area contributed by atoms with Crippen LogP contribution >= 0.6 is 0 Å². The van der Waals surface area contributed by atoms with Crippen LogP contribution in [0, 0.1) is 5.92 Å². The Kier molecular flexibility index (Phi) is 5.11. The number of ether oxygens (including phenoxy) is 1. The zero-order valence-electron chi connectivity index (χ0n) is 13.4. The first-order valence-electron chi connectivity index (χ1n) is 7.63. The van der Waals surface area contributed by atoms with Crippen LogP contribution in [0.2, 0.25) is 0 Å². The van der Waals surface area contributed by atoms with E-state index in [0.29, 0.717) is 32.5 Å². The normalized spacial score (nSPS) is 16.4. The first kappa shape index (κ1) is 16.4. The van der Waals surface area contributed by atoms with Crippen molar-refractivity contribution in [3.63, 3.8) is 0 Å². The van der Waals surface area contributed by atoms with E-state index in [2.05, 4.69) is 5.32 Å². The molecule has 2 rings (SSSR count). The molecule has 2 heterocycles. The molecule has 1 aliphatic rings. The molecule has 1 saturated heterocycles. The first-order chi connectivity index (χ1) is 10.3. The van der Waals surface area contributed by atoms with Gasteiger partial charge in [-0.15, -0.1) is 0 Å². The highest BCUT2D eigenvalue weighted by atomic mass is 16.6. The van der Waals surface area contributed by atoms with Gasteiger partial charge in [-0.1, -0.05) is 0 Å². The molecule has 0 unspecified atom stereocenters. The Labute approximate surface area is 130 Å². The molecule has 0 bridgehead atoms. The topological polar surface area (TPSA) is 71.8 Å². The van der Waals surface area contributed by atoms with Gasteiger partial charge in [0.1, 0.15) is 11.4 Å². The molecule has 6 heteroatoms. The lowest BCUT2D eigenvalue weighted by Crippen LogP contribution is -2.44. The minimum absolute atomic E-state index is 0.0141. The van der Waals surface area contributed by atoms with Gasteiger partial charge in [0.2, 0.25) is 5.91 Å². The fraction of sp³-hybridized carbons (Fsp3) is 0.625. The summed E-state index contributed by atoms with van der Waals surface area (Å²) < 4.78 is 10.5. The average Bonchev–Trinajstić information content (AvgIpc) is 2.96. The summed E-state index contributed by atoms with van der Waals surface area (Å²) >= 11 is 0. The zero-order chi connectivity index (χ0) is 16.2. The summed E-state index contributed by atoms with van der Waals surface area (Å²) in [4.78, 5) is 25.7. The number of nitrogens with one attached hydrogen (secondary N) is 1. The molecule has 0 spiro atoms. The highest BCUT2D eigenvalue weighted by Gasteiger charge is 2.29. The van der Waals surface area contributed by atoms with Crippen molar-refractivity contribution in [2.75, 3.05) is 13.1 Å². The van der Waals surface area contributed by atoms with E-state index in [1.165, 1.54) is 0 Å². The Morgan fingerprint density at radius 2 is 2.05 bits per heavy atom. The van der Waals surface area contributed by atoms with Crippen molar-refractivity contribution in [2.24, 2.45) is 5.92 Å². The van der Waals surface area contributed by atoms with E-state index in [4.69, 9.17) is 9.15 Å². The maximum Gasteiger partial charge on any atom is 0.410 e. The maximum atomic E-state index is 12.1. The number of furan rings is 1. The van der Waals surface area contributed by atoms with E-state index in [0.717, 1.165) is 5.76 Å². The number of carbonyl (C=O) groups excluding carboxylic acids is 2. The highest BCUT2D eigenvalue weighted by molar-refractivity contribution is 5.79. The molecule has 1 N–H and O–H groups in total. The van der Waals surface area contributed by atoms with E-state index in [1.807, 2.05) is 26.8 Å². The molecule has 0 saturated carbocycles. The molecule has 1 aromatic heterocycles. The monoisotopic (exact) mass is 308 g/mol. The van der Waals surface area contributed by atoms with Crippen molar-refractivity contribution in [1.29, 1.82) is 0 Å². The Hall–Kier alpha value is -1.98. The van der Waals surface area contributed by atoms with E-state index in [-0.39, 0.29) is 17.9 Å². The predicted molar refractivity (Wildman–Crippen MR) is 81.1 cm³/mol. The van der Waals surface area contributed by atoms with Gasteiger partial charge in [0.15, 0.2) is 0 Å². The molecule has 22 heavy (non-hydrogen) atoms. The second-order valence-electron chi connectivity index (χ2n) is 6.54. The number of likely N-dealkylation sites (tertiary alicyclic amines) is 1. The lowest BCUT2D eigenvalue weighted by Gasteiger charge is -2.32. The number of piperidine rings is 1. The number of hydrogen-bond acceptors (Lipinski definition) is 4. The Morgan fingerprint density at radius 1 is 1.36 bits per heavy atom. The molecule has 1 aliphatic heterocycles. The summed E-state index contributed by atoms with van der Waals surface area (Å²) in [5.74, 6) is 0.688. The van der Waals surface area contributed by atoms with Crippen LogP contribution in [0.5, 0.6) is 0 Å². The lowest BCUT2D eigenvalue weighted by atomic mass is 9.96. The molecular formula is C16H24N2O4. The SMILES string of the molecule is CC(C)(C)OC(=O)N1CCC(C(=O)NCc2ccco2)CC1. The predicted octanol–water partition coefficient (Wildman–Crippen LogP) is 2.54. The van der Waals surface area contributed by atoms with Crippen LogP contribution in [0.15, 0.2) is 22.8 Å². The lowest BCUT2D eigenvalue weighted by molar-refractivity contribution is -0.126. The molecule has 0 aliphatic carbocycles. The molecule has 2 amide bonds. The van der Waals surface area contributed by atoms with Gasteiger partial charge in [0, 0.05) is 19.0 Å². The Balaban J connectivity index is 1.74. The van der Waals surface area contributed by atoms with Crippen LogP contribution in [-0.2, 0) is 16.1 Å². The minimum Gasteiger partial charge on any atom is -0.467 e. The molecule has 122 valence electrons. The molecule has 0 radical (unpaired) electrons. The van der Waals surface area contributed by atoms with Gasteiger partial charge in [0.05, 0.1) is 12.8 Å². The van der Waals surface area contributed by atoms with Crippen molar-refractivity contribution in [3.05, 3.63) is 24.2 Å². The second kappa shape index (κ2) is 6.85. The third-order valence-corrected chi connectivity index (χ3v) is 3.53. The standard InChI is InChI=1S/C16H24N2O4/c1-16(2,3)22-15(20)18-8-6-12(7-9-18)14(19)17-11-13-5-4-10-21-13/h4-5,10,12H,6-9,11H2,1-3H3,(H,17,19). The highest BCUT2D eigenvalue weighted by Crippen LogP contribution is 2.20. The number of amides is 2. The van der Waals surface area contributed by atoms with Crippen LogP contribution in [0.4, 0.5) is 4.79 Å². The van der Waals surface area contributed by atoms with Gasteiger partial charge >= 0.3 is 6.09 Å². The molecule has 0 atom stereocenters. The van der Waals surface area contributed by atoms with Crippen molar-refractivity contribution in [1.82, 2.24) is 10.2 Å². The van der Waals surface area contributed by atoms with E-state index < -0.39 is 5.60 Å². The van der Waals surface area contributed by atoms with Gasteiger partial charge in [-0.25, -0.2) is 4.79 Å². The summed E-state index contributed by atoms with van der Waals surface area (Å²) in [6.45, 7) is 7.04. The molecule has 1 aromatic rings. The van der Waals surface area contributed by atoms with Gasteiger partial charge in [-0.2, -0.15) is 0 Å². The first-order valence-corrected chi connectivity index (χ1v) is 7.63. The van der Waals surface area contributed by atoms with E-state index >= 15 is 0 Å². The molecular weight excluding hydrogens is 284 g/mol. The number of hydrogen-bond donors (Lipinski definition) is 1. The quantitative estimate of drug-likeness (QED) is 0.931. The largest absolute Gasteiger partial charge is 0.467 e. The minimum atomic E-state index is -0.492. The van der Waals surface area contributed by atoms with Gasteiger partial charge < -0.3 is 19.4 Å². The fourth-order valence-electron chi connectivity index (χ4n) is 2.38. The van der Waals surface area contributed by atoms with Crippen LogP contribution < -0.4 is 5.32 Å². The number of nitrogens with zero attached hydrogens (tertiary/aromatic N) is 1.